The maximum Gasteiger partial charge on any atom is 0.263 e. The summed E-state index contributed by atoms with van der Waals surface area (Å²) >= 11 is 0. The van der Waals surface area contributed by atoms with Gasteiger partial charge in [-0.15, -0.1) is 0 Å². The second-order valence-corrected chi connectivity index (χ2v) is 9.85. The molecule has 0 aliphatic carbocycles. The number of H-pyrrole nitrogens is 1. The lowest BCUT2D eigenvalue weighted by atomic mass is 10.0. The number of unbranched alkanes of at least 4 members (excludes halogenated alkanes) is 2. The Morgan fingerprint density at radius 2 is 2.05 bits per heavy atom. The summed E-state index contributed by atoms with van der Waals surface area (Å²) in [6, 6.07) is 8.64. The van der Waals surface area contributed by atoms with Crippen LogP contribution in [0.5, 0.6) is 5.75 Å². The highest BCUT2D eigenvalue weighted by molar-refractivity contribution is 5.91. The third kappa shape index (κ3) is 6.28. The van der Waals surface area contributed by atoms with E-state index in [0.717, 1.165) is 91.2 Å². The fraction of sp³-hybridized carbons (Fsp3) is 0.448. The van der Waals surface area contributed by atoms with Crippen LogP contribution in [-0.4, -0.2) is 52.1 Å². The van der Waals surface area contributed by atoms with Gasteiger partial charge in [0.25, 0.3) is 5.89 Å². The van der Waals surface area contributed by atoms with E-state index >= 15 is 0 Å². The minimum absolute atomic E-state index is 0.0442. The molecular weight excluding hydrogens is 482 g/mol. The quantitative estimate of drug-likeness (QED) is 0.185. The molecule has 0 saturated carbocycles. The third-order valence-corrected chi connectivity index (χ3v) is 7.09. The highest BCUT2D eigenvalue weighted by atomic mass is 16.5. The average molecular weight is 518 g/mol. The lowest BCUT2D eigenvalue weighted by Gasteiger charge is -2.28. The van der Waals surface area contributed by atoms with Gasteiger partial charge in [-0.25, -0.2) is 9.97 Å². The number of hydrogen-bond acceptors (Lipinski definition) is 8. The smallest absolute Gasteiger partial charge is 0.263 e. The van der Waals surface area contributed by atoms with E-state index in [0.29, 0.717) is 12.5 Å². The zero-order chi connectivity index (χ0) is 26.3. The van der Waals surface area contributed by atoms with E-state index in [1.807, 2.05) is 25.3 Å². The number of nitrogens with zero attached hydrogens (tertiary/aromatic N) is 3. The van der Waals surface area contributed by atoms with E-state index < -0.39 is 0 Å². The van der Waals surface area contributed by atoms with Gasteiger partial charge < -0.3 is 24.2 Å². The topological polar surface area (TPSA) is 115 Å². The van der Waals surface area contributed by atoms with Gasteiger partial charge in [-0.1, -0.05) is 18.9 Å². The molecule has 0 unspecified atom stereocenters. The van der Waals surface area contributed by atoms with Crippen molar-refractivity contribution in [3.05, 3.63) is 60.3 Å². The van der Waals surface area contributed by atoms with E-state index in [9.17, 15) is 4.79 Å². The normalized spacial score (nSPS) is 15.1. The molecule has 1 fully saturated rings. The molecule has 0 amide bonds. The number of benzene rings is 1. The fourth-order valence-corrected chi connectivity index (χ4v) is 5.01. The molecule has 1 aromatic carbocycles. The molecule has 4 heterocycles. The Hall–Kier alpha value is -3.56. The third-order valence-electron chi connectivity index (χ3n) is 7.09. The lowest BCUT2D eigenvalue weighted by Crippen LogP contribution is -2.37. The first-order valence-electron chi connectivity index (χ1n) is 13.4. The Morgan fingerprint density at radius 1 is 1.18 bits per heavy atom. The largest absolute Gasteiger partial charge is 0.496 e. The number of ether oxygens (including phenoxy) is 2. The van der Waals surface area contributed by atoms with Crippen molar-refractivity contribution in [1.82, 2.24) is 25.3 Å². The van der Waals surface area contributed by atoms with Crippen molar-refractivity contribution in [3.8, 4) is 17.0 Å². The number of aromatic nitrogens is 4. The molecule has 1 atom stereocenters. The molecule has 1 saturated heterocycles. The molecule has 5 rings (SSSR count). The van der Waals surface area contributed by atoms with Gasteiger partial charge in [0.05, 0.1) is 36.8 Å². The number of fused-ring (bicyclic) bond motifs is 1. The molecule has 1 aliphatic heterocycles. The summed E-state index contributed by atoms with van der Waals surface area (Å²) in [5.41, 5.74) is 3.75. The number of methoxy groups -OCH3 is 1. The van der Waals surface area contributed by atoms with Crippen molar-refractivity contribution in [3.63, 3.8) is 0 Å². The van der Waals surface area contributed by atoms with Crippen molar-refractivity contribution in [2.45, 2.75) is 64.0 Å². The number of pyridine rings is 1. The summed E-state index contributed by atoms with van der Waals surface area (Å²) in [6.45, 7) is 3.54. The second-order valence-electron chi connectivity index (χ2n) is 9.85. The van der Waals surface area contributed by atoms with Gasteiger partial charge in [0.2, 0.25) is 5.78 Å². The predicted molar refractivity (Wildman–Crippen MR) is 144 cm³/mol. The number of ketones is 1. The van der Waals surface area contributed by atoms with Crippen LogP contribution >= 0.6 is 0 Å². The molecule has 4 aromatic rings. The first kappa shape index (κ1) is 26.1. The number of imidazole rings is 1. The summed E-state index contributed by atoms with van der Waals surface area (Å²) in [5, 5.41) is 4.87. The highest BCUT2D eigenvalue weighted by Gasteiger charge is 2.22. The number of aryl methyl sites for hydroxylation is 1. The average Bonchev–Trinajstić information content (AvgIpc) is 3.65. The second kappa shape index (κ2) is 12.3. The molecule has 0 spiro atoms. The van der Waals surface area contributed by atoms with Gasteiger partial charge in [-0.2, -0.15) is 0 Å². The van der Waals surface area contributed by atoms with Gasteiger partial charge >= 0.3 is 0 Å². The van der Waals surface area contributed by atoms with Crippen LogP contribution in [0.4, 0.5) is 0 Å². The van der Waals surface area contributed by atoms with Crippen LogP contribution < -0.4 is 10.1 Å². The van der Waals surface area contributed by atoms with Crippen LogP contribution in [0.25, 0.3) is 22.2 Å². The molecule has 0 bridgehead atoms. The van der Waals surface area contributed by atoms with Crippen LogP contribution in [-0.2, 0) is 4.74 Å². The van der Waals surface area contributed by atoms with E-state index in [4.69, 9.17) is 18.9 Å². The number of aromatic amines is 1. The number of carbonyl (C=O) groups is 1. The SMILES string of the molecule is COc1cc2nc(C)ccc2cc1-c1cnc([C@H](CCCCCC(=O)c2ncco2)NC2CCOCC2)[nH]1. The number of carbonyl (C=O) groups excluding carboxylic acids is 1. The van der Waals surface area contributed by atoms with Gasteiger partial charge in [0.15, 0.2) is 0 Å². The van der Waals surface area contributed by atoms with Gasteiger partial charge in [0, 0.05) is 48.4 Å². The van der Waals surface area contributed by atoms with Crippen LogP contribution in [0.3, 0.4) is 0 Å². The summed E-state index contributed by atoms with van der Waals surface area (Å²) in [7, 11) is 1.68. The van der Waals surface area contributed by atoms with Crippen molar-refractivity contribution in [2.24, 2.45) is 0 Å². The maximum atomic E-state index is 12.2. The Labute approximate surface area is 222 Å². The van der Waals surface area contributed by atoms with Crippen molar-refractivity contribution >= 4 is 16.7 Å². The van der Waals surface area contributed by atoms with Crippen LogP contribution in [0.15, 0.2) is 47.3 Å². The van der Waals surface area contributed by atoms with E-state index in [1.54, 1.807) is 7.11 Å². The number of nitrogens with one attached hydrogen (secondary N) is 2. The van der Waals surface area contributed by atoms with E-state index in [2.05, 4.69) is 32.4 Å². The molecular formula is C29H35N5O4. The fourth-order valence-electron chi connectivity index (χ4n) is 5.01. The van der Waals surface area contributed by atoms with Crippen LogP contribution in [0.2, 0.25) is 0 Å². The van der Waals surface area contributed by atoms with E-state index in [1.165, 1.54) is 12.5 Å². The zero-order valence-electron chi connectivity index (χ0n) is 22.0. The minimum Gasteiger partial charge on any atom is -0.496 e. The standard InChI is InChI=1S/C29H35N5O4/c1-19-8-9-20-16-22(27(36-2)17-24(20)32-19)25-18-31-28(34-25)23(33-21-10-13-37-14-11-21)6-4-3-5-7-26(35)29-30-12-15-38-29/h8-9,12,15-18,21,23,33H,3-7,10-11,13-14H2,1-2H3,(H,31,34)/t23-/m0/s1. The Bertz CT molecular complexity index is 1340. The van der Waals surface area contributed by atoms with Gasteiger partial charge in [-0.05, 0) is 44.7 Å². The maximum absolute atomic E-state index is 12.2. The highest BCUT2D eigenvalue weighted by Crippen LogP contribution is 2.34. The van der Waals surface area contributed by atoms with Crippen molar-refractivity contribution < 1.29 is 18.7 Å². The Morgan fingerprint density at radius 3 is 2.84 bits per heavy atom. The molecule has 3 aromatic heterocycles. The molecule has 0 radical (unpaired) electrons. The number of hydrogen-bond donors (Lipinski definition) is 2. The Kier molecular flexibility index (Phi) is 8.45. The molecule has 9 nitrogen and oxygen atoms in total. The van der Waals surface area contributed by atoms with E-state index in [-0.39, 0.29) is 17.7 Å². The Balaban J connectivity index is 1.29. The molecule has 200 valence electrons. The van der Waals surface area contributed by atoms with Crippen LogP contribution in [0.1, 0.15) is 73.2 Å². The molecule has 1 aliphatic rings. The van der Waals surface area contributed by atoms with Crippen LogP contribution in [0, 0.1) is 6.92 Å². The first-order chi connectivity index (χ1) is 18.6. The molecule has 9 heteroatoms. The minimum atomic E-state index is -0.0442. The monoisotopic (exact) mass is 517 g/mol. The van der Waals surface area contributed by atoms with Gasteiger partial charge in [-0.3, -0.25) is 9.78 Å². The summed E-state index contributed by atoms with van der Waals surface area (Å²) in [5.74, 6) is 1.82. The first-order valence-corrected chi connectivity index (χ1v) is 13.4. The van der Waals surface area contributed by atoms with Gasteiger partial charge in [0.1, 0.15) is 17.8 Å². The van der Waals surface area contributed by atoms with Crippen molar-refractivity contribution in [2.75, 3.05) is 20.3 Å². The number of rotatable bonds is 12. The number of oxazole rings is 1. The number of Topliss-reactive ketones (excluding diaryl/α,β-unsaturated/α-hetero) is 1. The predicted octanol–water partition coefficient (Wildman–Crippen LogP) is 5.57. The zero-order valence-corrected chi connectivity index (χ0v) is 22.0. The lowest BCUT2D eigenvalue weighted by molar-refractivity contribution is 0.0740. The molecule has 38 heavy (non-hydrogen) atoms. The summed E-state index contributed by atoms with van der Waals surface area (Å²) in [4.78, 5) is 29.1. The van der Waals surface area contributed by atoms with Crippen molar-refractivity contribution in [1.29, 1.82) is 0 Å². The summed E-state index contributed by atoms with van der Waals surface area (Å²) < 4.78 is 16.4. The summed E-state index contributed by atoms with van der Waals surface area (Å²) in [6.07, 6.45) is 10.9. The molecule has 2 N–H and O–H groups in total.